The van der Waals surface area contributed by atoms with Crippen LogP contribution < -0.4 is 4.90 Å². The largest absolute Gasteiger partial charge is 0.372 e. The van der Waals surface area contributed by atoms with Crippen molar-refractivity contribution in [2.24, 2.45) is 0 Å². The minimum Gasteiger partial charge on any atom is -0.372 e. The fourth-order valence-electron chi connectivity index (χ4n) is 2.30. The molecule has 1 fully saturated rings. The first-order valence-corrected chi connectivity index (χ1v) is 6.35. The lowest BCUT2D eigenvalue weighted by molar-refractivity contribution is -0.385. The normalized spacial score (nSPS) is 23.5. The topological polar surface area (TPSA) is 81.4 Å². The number of halogens is 1. The Kier molecular flexibility index (Phi) is 3.86. The van der Waals surface area contributed by atoms with E-state index in [0.29, 0.717) is 13.1 Å². The van der Waals surface area contributed by atoms with Gasteiger partial charge in [0.1, 0.15) is 5.69 Å². The third kappa shape index (κ3) is 2.93. The molecule has 0 aliphatic carbocycles. The molecule has 0 spiro atoms. The molecule has 0 N–H and O–H groups in total. The molecule has 8 heteroatoms. The molecule has 0 saturated carbocycles. The van der Waals surface area contributed by atoms with E-state index in [1.54, 1.807) is 6.92 Å². The maximum Gasteiger partial charge on any atom is 0.332 e. The van der Waals surface area contributed by atoms with Crippen molar-refractivity contribution in [3.05, 3.63) is 21.1 Å². The van der Waals surface area contributed by atoms with Gasteiger partial charge in [0, 0.05) is 13.1 Å². The number of nitrogens with zero attached hydrogens (tertiary/aromatic N) is 4. The second-order valence-corrected chi connectivity index (χ2v) is 5.01. The van der Waals surface area contributed by atoms with Gasteiger partial charge in [0.25, 0.3) is 0 Å². The molecule has 1 aromatic rings. The molecule has 0 bridgehead atoms. The van der Waals surface area contributed by atoms with Crippen molar-refractivity contribution in [3.8, 4) is 0 Å². The van der Waals surface area contributed by atoms with Crippen LogP contribution in [-0.2, 0) is 4.74 Å². The quantitative estimate of drug-likeness (QED) is 0.469. The Hall–Kier alpha value is -1.47. The molecule has 0 unspecified atom stereocenters. The van der Waals surface area contributed by atoms with E-state index in [1.807, 2.05) is 18.7 Å². The van der Waals surface area contributed by atoms with Crippen LogP contribution in [0.15, 0.2) is 0 Å². The molecule has 0 radical (unpaired) electrons. The number of hydrogen-bond acceptors (Lipinski definition) is 6. The van der Waals surface area contributed by atoms with Gasteiger partial charge in [-0.25, -0.2) is 4.98 Å². The summed E-state index contributed by atoms with van der Waals surface area (Å²) in [6, 6.07) is 0. The SMILES string of the molecule is Cc1nc(Cl)nc(N2C[C@@H](C)O[C@@H](C)C2)c1[N+](=O)[O-]. The average molecular weight is 287 g/mol. The van der Waals surface area contributed by atoms with Crippen molar-refractivity contribution in [2.45, 2.75) is 33.0 Å². The Balaban J connectivity index is 2.45. The molecular formula is C11H15ClN4O3. The first-order chi connectivity index (χ1) is 8.88. The van der Waals surface area contributed by atoms with Gasteiger partial charge in [-0.3, -0.25) is 10.1 Å². The summed E-state index contributed by atoms with van der Waals surface area (Å²) in [5, 5.41) is 11.2. The van der Waals surface area contributed by atoms with Gasteiger partial charge in [-0.15, -0.1) is 0 Å². The monoisotopic (exact) mass is 286 g/mol. The Morgan fingerprint density at radius 1 is 1.37 bits per heavy atom. The third-order valence-electron chi connectivity index (χ3n) is 2.91. The molecule has 1 saturated heterocycles. The number of morpholine rings is 1. The Labute approximate surface area is 115 Å². The van der Waals surface area contributed by atoms with Crippen LogP contribution in [0.4, 0.5) is 11.5 Å². The summed E-state index contributed by atoms with van der Waals surface area (Å²) in [6.07, 6.45) is -0.0326. The van der Waals surface area contributed by atoms with Crippen molar-refractivity contribution < 1.29 is 9.66 Å². The molecule has 19 heavy (non-hydrogen) atoms. The highest BCUT2D eigenvalue weighted by molar-refractivity contribution is 6.28. The molecular weight excluding hydrogens is 272 g/mol. The first kappa shape index (κ1) is 14.0. The van der Waals surface area contributed by atoms with Crippen molar-refractivity contribution in [2.75, 3.05) is 18.0 Å². The maximum atomic E-state index is 11.2. The van der Waals surface area contributed by atoms with Gasteiger partial charge in [-0.1, -0.05) is 0 Å². The molecule has 2 rings (SSSR count). The Morgan fingerprint density at radius 3 is 2.47 bits per heavy atom. The number of hydrogen-bond donors (Lipinski definition) is 0. The van der Waals surface area contributed by atoms with Crippen molar-refractivity contribution in [1.29, 1.82) is 0 Å². The summed E-state index contributed by atoms with van der Waals surface area (Å²) in [4.78, 5) is 20.4. The van der Waals surface area contributed by atoms with Gasteiger partial charge in [0.15, 0.2) is 0 Å². The highest BCUT2D eigenvalue weighted by atomic mass is 35.5. The van der Waals surface area contributed by atoms with Gasteiger partial charge in [-0.05, 0) is 32.4 Å². The fourth-order valence-corrected chi connectivity index (χ4v) is 2.51. The summed E-state index contributed by atoms with van der Waals surface area (Å²) in [5.74, 6) is 0.268. The summed E-state index contributed by atoms with van der Waals surface area (Å²) in [7, 11) is 0. The lowest BCUT2D eigenvalue weighted by atomic mass is 10.2. The second kappa shape index (κ2) is 5.26. The van der Waals surface area contributed by atoms with Crippen molar-refractivity contribution in [3.63, 3.8) is 0 Å². The first-order valence-electron chi connectivity index (χ1n) is 5.97. The Bertz CT molecular complexity index is 501. The van der Waals surface area contributed by atoms with E-state index in [-0.39, 0.29) is 34.7 Å². The summed E-state index contributed by atoms with van der Waals surface area (Å²) >= 11 is 5.82. The maximum absolute atomic E-state index is 11.2. The number of aromatic nitrogens is 2. The average Bonchev–Trinajstić information content (AvgIpc) is 2.25. The van der Waals surface area contributed by atoms with Crippen LogP contribution in [0.5, 0.6) is 0 Å². The van der Waals surface area contributed by atoms with Crippen LogP contribution in [-0.4, -0.2) is 40.2 Å². The lowest BCUT2D eigenvalue weighted by Gasteiger charge is -2.35. The van der Waals surface area contributed by atoms with E-state index >= 15 is 0 Å². The molecule has 1 aromatic heterocycles. The molecule has 1 aliphatic rings. The number of aryl methyl sites for hydroxylation is 1. The van der Waals surface area contributed by atoms with Crippen LogP contribution in [0.25, 0.3) is 0 Å². The lowest BCUT2D eigenvalue weighted by Crippen LogP contribution is -2.46. The van der Waals surface area contributed by atoms with Crippen molar-refractivity contribution >= 4 is 23.1 Å². The van der Waals surface area contributed by atoms with Crippen LogP contribution in [0, 0.1) is 17.0 Å². The van der Waals surface area contributed by atoms with E-state index in [4.69, 9.17) is 16.3 Å². The number of rotatable bonds is 2. The van der Waals surface area contributed by atoms with Gasteiger partial charge < -0.3 is 9.64 Å². The predicted octanol–water partition coefficient (Wildman–Crippen LogP) is 1.96. The smallest absolute Gasteiger partial charge is 0.332 e. The van der Waals surface area contributed by atoms with Crippen LogP contribution in [0.1, 0.15) is 19.5 Å². The molecule has 1 aliphatic heterocycles. The summed E-state index contributed by atoms with van der Waals surface area (Å²) < 4.78 is 5.61. The minimum atomic E-state index is -0.466. The fraction of sp³-hybridized carbons (Fsp3) is 0.636. The van der Waals surface area contributed by atoms with Crippen LogP contribution in [0.2, 0.25) is 5.28 Å². The number of anilines is 1. The van der Waals surface area contributed by atoms with E-state index in [0.717, 1.165) is 0 Å². The molecule has 0 aromatic carbocycles. The van der Waals surface area contributed by atoms with Gasteiger partial charge in [0.05, 0.1) is 17.1 Å². The van der Waals surface area contributed by atoms with E-state index in [2.05, 4.69) is 9.97 Å². The van der Waals surface area contributed by atoms with E-state index < -0.39 is 4.92 Å². The highest BCUT2D eigenvalue weighted by Gasteiger charge is 2.31. The van der Waals surface area contributed by atoms with E-state index in [9.17, 15) is 10.1 Å². The zero-order chi connectivity index (χ0) is 14.2. The van der Waals surface area contributed by atoms with Gasteiger partial charge in [-0.2, -0.15) is 4.98 Å². The minimum absolute atomic E-state index is 0.0163. The van der Waals surface area contributed by atoms with Crippen molar-refractivity contribution in [1.82, 2.24) is 9.97 Å². The zero-order valence-electron chi connectivity index (χ0n) is 11.0. The molecule has 0 amide bonds. The molecule has 2 atom stereocenters. The third-order valence-corrected chi connectivity index (χ3v) is 3.08. The summed E-state index contributed by atoms with van der Waals surface area (Å²) in [6.45, 7) is 6.48. The van der Waals surface area contributed by atoms with Gasteiger partial charge >= 0.3 is 5.69 Å². The highest BCUT2D eigenvalue weighted by Crippen LogP contribution is 2.31. The predicted molar refractivity (Wildman–Crippen MR) is 70.7 cm³/mol. The number of ether oxygens (including phenoxy) is 1. The Morgan fingerprint density at radius 2 is 1.95 bits per heavy atom. The molecule has 2 heterocycles. The van der Waals surface area contributed by atoms with Crippen LogP contribution in [0.3, 0.4) is 0 Å². The second-order valence-electron chi connectivity index (χ2n) is 4.67. The zero-order valence-corrected chi connectivity index (χ0v) is 11.7. The molecule has 104 valence electrons. The van der Waals surface area contributed by atoms with Crippen LogP contribution >= 0.6 is 11.6 Å². The summed E-state index contributed by atoms with van der Waals surface area (Å²) in [5.41, 5.74) is 0.178. The van der Waals surface area contributed by atoms with Gasteiger partial charge in [0.2, 0.25) is 11.1 Å². The standard InChI is InChI=1S/C11H15ClN4O3/c1-6-4-15(5-7(2)19-6)10-9(16(17)18)8(3)13-11(12)14-10/h6-7H,4-5H2,1-3H3/t6-,7+. The van der Waals surface area contributed by atoms with E-state index in [1.165, 1.54) is 0 Å². The molecule has 7 nitrogen and oxygen atoms in total. The number of nitro groups is 1.